The molecule has 0 saturated heterocycles. The Balaban J connectivity index is 1.64. The number of rotatable bonds is 5. The van der Waals surface area contributed by atoms with Crippen LogP contribution in [0.15, 0.2) is 12.4 Å². The molecular formula is C16H30N4S. The standard InChI is InChI=1S/C16H30N4S/c1-11(17)19-14-6-2-12(3-7-14)10-13-4-8-15(9-5-13)20-16(18)21/h12-15,19H,1-10,17H2,(H3,18,20,21). The van der Waals surface area contributed by atoms with Crippen LogP contribution in [-0.2, 0) is 0 Å². The summed E-state index contributed by atoms with van der Waals surface area (Å²) in [4.78, 5) is 0. The van der Waals surface area contributed by atoms with Crippen LogP contribution in [0.3, 0.4) is 0 Å². The van der Waals surface area contributed by atoms with Gasteiger partial charge in [0.2, 0.25) is 0 Å². The zero-order chi connectivity index (χ0) is 15.2. The molecule has 0 aliphatic heterocycles. The van der Waals surface area contributed by atoms with Crippen LogP contribution in [0.25, 0.3) is 0 Å². The zero-order valence-corrected chi connectivity index (χ0v) is 13.8. The Morgan fingerprint density at radius 1 is 0.857 bits per heavy atom. The Morgan fingerprint density at radius 2 is 1.29 bits per heavy atom. The molecule has 2 fully saturated rings. The van der Waals surface area contributed by atoms with Crippen molar-refractivity contribution in [3.8, 4) is 0 Å². The lowest BCUT2D eigenvalue weighted by Gasteiger charge is -2.34. The average molecular weight is 311 g/mol. The number of nitrogens with two attached hydrogens (primary N) is 2. The maximum atomic E-state index is 5.63. The predicted octanol–water partition coefficient (Wildman–Crippen LogP) is 2.35. The minimum Gasteiger partial charge on any atom is -0.386 e. The first-order valence-corrected chi connectivity index (χ1v) is 8.70. The number of hydrogen-bond donors (Lipinski definition) is 4. The van der Waals surface area contributed by atoms with Gasteiger partial charge in [-0.1, -0.05) is 6.58 Å². The molecule has 0 unspecified atom stereocenters. The zero-order valence-electron chi connectivity index (χ0n) is 12.9. The average Bonchev–Trinajstić information content (AvgIpc) is 2.42. The third kappa shape index (κ3) is 5.73. The van der Waals surface area contributed by atoms with Crippen LogP contribution in [0.5, 0.6) is 0 Å². The van der Waals surface area contributed by atoms with Crippen molar-refractivity contribution < 1.29 is 0 Å². The van der Waals surface area contributed by atoms with Gasteiger partial charge in [-0.3, -0.25) is 0 Å². The van der Waals surface area contributed by atoms with Crippen LogP contribution in [-0.4, -0.2) is 17.2 Å². The fourth-order valence-electron chi connectivity index (χ4n) is 4.02. The largest absolute Gasteiger partial charge is 0.386 e. The van der Waals surface area contributed by atoms with Gasteiger partial charge in [0.25, 0.3) is 0 Å². The molecule has 0 aromatic heterocycles. The predicted molar refractivity (Wildman–Crippen MR) is 92.5 cm³/mol. The van der Waals surface area contributed by atoms with Gasteiger partial charge in [-0.05, 0) is 81.8 Å². The lowest BCUT2D eigenvalue weighted by atomic mass is 9.75. The van der Waals surface area contributed by atoms with E-state index in [0.717, 1.165) is 11.8 Å². The summed E-state index contributed by atoms with van der Waals surface area (Å²) in [5.41, 5.74) is 11.2. The van der Waals surface area contributed by atoms with Gasteiger partial charge in [0.1, 0.15) is 0 Å². The van der Waals surface area contributed by atoms with Gasteiger partial charge in [0, 0.05) is 12.1 Å². The lowest BCUT2D eigenvalue weighted by Crippen LogP contribution is -2.40. The second kappa shape index (κ2) is 7.87. The molecule has 0 amide bonds. The van der Waals surface area contributed by atoms with E-state index in [2.05, 4.69) is 17.2 Å². The maximum absolute atomic E-state index is 5.63. The minimum absolute atomic E-state index is 0.450. The summed E-state index contributed by atoms with van der Waals surface area (Å²) >= 11 is 4.92. The first kappa shape index (κ1) is 16.4. The van der Waals surface area contributed by atoms with E-state index in [9.17, 15) is 0 Å². The normalized spacial score (nSPS) is 33.1. The summed E-state index contributed by atoms with van der Waals surface area (Å²) in [5, 5.41) is 6.94. The summed E-state index contributed by atoms with van der Waals surface area (Å²) in [5.74, 6) is 2.41. The number of thiocarbonyl (C=S) groups is 1. The number of hydrogen-bond acceptors (Lipinski definition) is 3. The van der Waals surface area contributed by atoms with E-state index >= 15 is 0 Å². The van der Waals surface area contributed by atoms with Crippen molar-refractivity contribution >= 4 is 17.3 Å². The van der Waals surface area contributed by atoms with Gasteiger partial charge < -0.3 is 22.1 Å². The van der Waals surface area contributed by atoms with Gasteiger partial charge in [-0.25, -0.2) is 0 Å². The highest BCUT2D eigenvalue weighted by Gasteiger charge is 2.26. The molecule has 0 atom stereocenters. The SMILES string of the molecule is C=C(N)NC1CCC(CC2CCC(NC(N)=S)CC2)CC1. The van der Waals surface area contributed by atoms with Gasteiger partial charge in [-0.2, -0.15) is 0 Å². The second-order valence-electron chi connectivity index (χ2n) is 6.85. The van der Waals surface area contributed by atoms with Gasteiger partial charge in [-0.15, -0.1) is 0 Å². The highest BCUT2D eigenvalue weighted by Crippen LogP contribution is 2.35. The quantitative estimate of drug-likeness (QED) is 0.587. The Labute approximate surface area is 134 Å². The van der Waals surface area contributed by atoms with E-state index in [1.165, 1.54) is 57.8 Å². The third-order valence-electron chi connectivity index (χ3n) is 5.10. The van der Waals surface area contributed by atoms with Crippen molar-refractivity contribution in [1.82, 2.24) is 10.6 Å². The van der Waals surface area contributed by atoms with Crippen LogP contribution >= 0.6 is 12.2 Å². The highest BCUT2D eigenvalue weighted by molar-refractivity contribution is 7.80. The van der Waals surface area contributed by atoms with Gasteiger partial charge in [0.15, 0.2) is 5.11 Å². The van der Waals surface area contributed by atoms with E-state index in [1.54, 1.807) is 0 Å². The molecule has 120 valence electrons. The summed E-state index contributed by atoms with van der Waals surface area (Å²) in [6, 6.07) is 1.05. The fraction of sp³-hybridized carbons (Fsp3) is 0.812. The molecule has 0 aromatic carbocycles. The van der Waals surface area contributed by atoms with Gasteiger partial charge >= 0.3 is 0 Å². The topological polar surface area (TPSA) is 76.1 Å². The van der Waals surface area contributed by atoms with Crippen LogP contribution in [0.1, 0.15) is 57.8 Å². The maximum Gasteiger partial charge on any atom is 0.163 e. The monoisotopic (exact) mass is 310 g/mol. The Kier molecular flexibility index (Phi) is 6.15. The fourth-order valence-corrected chi connectivity index (χ4v) is 4.19. The lowest BCUT2D eigenvalue weighted by molar-refractivity contribution is 0.214. The van der Waals surface area contributed by atoms with Crippen LogP contribution in [0.4, 0.5) is 0 Å². The molecule has 0 heterocycles. The molecule has 2 saturated carbocycles. The second-order valence-corrected chi connectivity index (χ2v) is 7.29. The van der Waals surface area contributed by atoms with Crippen molar-refractivity contribution in [2.75, 3.05) is 0 Å². The molecule has 2 aliphatic rings. The van der Waals surface area contributed by atoms with E-state index in [0.29, 0.717) is 23.0 Å². The molecule has 4 nitrogen and oxygen atoms in total. The Bertz CT molecular complexity index is 321. The molecule has 0 aromatic rings. The first-order valence-electron chi connectivity index (χ1n) is 8.29. The molecule has 0 radical (unpaired) electrons. The highest BCUT2D eigenvalue weighted by atomic mass is 32.1. The van der Waals surface area contributed by atoms with Crippen LogP contribution < -0.4 is 22.1 Å². The molecule has 2 rings (SSSR count). The van der Waals surface area contributed by atoms with E-state index in [1.807, 2.05) is 0 Å². The molecule has 6 N–H and O–H groups in total. The van der Waals surface area contributed by atoms with Crippen LogP contribution in [0, 0.1) is 11.8 Å². The van der Waals surface area contributed by atoms with Gasteiger partial charge in [0.05, 0.1) is 5.82 Å². The smallest absolute Gasteiger partial charge is 0.163 e. The first-order chi connectivity index (χ1) is 10.0. The van der Waals surface area contributed by atoms with Crippen molar-refractivity contribution in [2.24, 2.45) is 23.3 Å². The molecule has 5 heteroatoms. The third-order valence-corrected chi connectivity index (χ3v) is 5.21. The molecule has 21 heavy (non-hydrogen) atoms. The van der Waals surface area contributed by atoms with Crippen molar-refractivity contribution in [3.05, 3.63) is 12.4 Å². The molecular weight excluding hydrogens is 280 g/mol. The Morgan fingerprint density at radius 3 is 1.67 bits per heavy atom. The molecule has 2 aliphatic carbocycles. The molecule has 0 spiro atoms. The summed E-state index contributed by atoms with van der Waals surface area (Å²) in [6.07, 6.45) is 11.6. The van der Waals surface area contributed by atoms with E-state index in [-0.39, 0.29) is 0 Å². The number of nitrogens with one attached hydrogen (secondary N) is 2. The van der Waals surface area contributed by atoms with Crippen molar-refractivity contribution in [3.63, 3.8) is 0 Å². The van der Waals surface area contributed by atoms with E-state index in [4.69, 9.17) is 23.7 Å². The summed E-state index contributed by atoms with van der Waals surface area (Å²) < 4.78 is 0. The van der Waals surface area contributed by atoms with Crippen molar-refractivity contribution in [1.29, 1.82) is 0 Å². The Hall–Kier alpha value is -0.970. The van der Waals surface area contributed by atoms with E-state index < -0.39 is 0 Å². The minimum atomic E-state index is 0.450. The molecule has 0 bridgehead atoms. The van der Waals surface area contributed by atoms with Crippen LogP contribution in [0.2, 0.25) is 0 Å². The van der Waals surface area contributed by atoms with Crippen molar-refractivity contribution in [2.45, 2.75) is 69.9 Å². The summed E-state index contributed by atoms with van der Waals surface area (Å²) in [6.45, 7) is 3.73. The summed E-state index contributed by atoms with van der Waals surface area (Å²) in [7, 11) is 0.